The van der Waals surface area contributed by atoms with Crippen LogP contribution in [0.25, 0.3) is 0 Å². The fraction of sp³-hybridized carbons (Fsp3) is 0.769. The third-order valence-electron chi connectivity index (χ3n) is 3.84. The van der Waals surface area contributed by atoms with Crippen molar-refractivity contribution >= 4 is 5.97 Å². The summed E-state index contributed by atoms with van der Waals surface area (Å²) in [6, 6.07) is 0.657. The number of carbonyl (C=O) groups is 1. The van der Waals surface area contributed by atoms with Crippen LogP contribution in [0.3, 0.4) is 0 Å². The van der Waals surface area contributed by atoms with Gasteiger partial charge in [-0.3, -0.25) is 9.58 Å². The molecule has 2 rings (SSSR count). The summed E-state index contributed by atoms with van der Waals surface area (Å²) in [6.45, 7) is 5.00. The van der Waals surface area contributed by atoms with Crippen LogP contribution in [0.4, 0.5) is 0 Å². The zero-order valence-corrected chi connectivity index (χ0v) is 11.5. The number of aromatic nitrogens is 3. The Morgan fingerprint density at radius 1 is 1.42 bits per heavy atom. The van der Waals surface area contributed by atoms with Crippen LogP contribution in [0.15, 0.2) is 6.20 Å². The van der Waals surface area contributed by atoms with E-state index in [-0.39, 0.29) is 5.69 Å². The van der Waals surface area contributed by atoms with Crippen LogP contribution in [0.2, 0.25) is 0 Å². The minimum atomic E-state index is -1.02. The normalized spacial score (nSPS) is 21.2. The Bertz CT molecular complexity index is 419. The van der Waals surface area contributed by atoms with Crippen LogP contribution >= 0.6 is 0 Å². The zero-order valence-electron chi connectivity index (χ0n) is 11.5. The second kappa shape index (κ2) is 6.65. The van der Waals surface area contributed by atoms with Gasteiger partial charge in [0.1, 0.15) is 0 Å². The molecule has 0 saturated carbocycles. The molecule has 0 spiro atoms. The number of aromatic carboxylic acids is 1. The van der Waals surface area contributed by atoms with E-state index in [1.807, 2.05) is 0 Å². The number of carboxylic acid groups (broad SMARTS) is 1. The summed E-state index contributed by atoms with van der Waals surface area (Å²) in [5.74, 6) is -1.02. The summed E-state index contributed by atoms with van der Waals surface area (Å²) in [5.41, 5.74) is 0.0166. The smallest absolute Gasteiger partial charge is 0.358 e. The summed E-state index contributed by atoms with van der Waals surface area (Å²) in [7, 11) is 0. The van der Waals surface area contributed by atoms with Crippen molar-refractivity contribution in [3.8, 4) is 0 Å². The molecule has 1 aromatic heterocycles. The number of likely N-dealkylation sites (tertiary alicyclic amines) is 1. The maximum Gasteiger partial charge on any atom is 0.358 e. The standard InChI is InChI=1S/C13H22N4O2/c1-2-11-6-4-3-5-7-16(11)8-9-17-10-12(13(18)19)14-15-17/h10-11H,2-9H2,1H3,(H,18,19). The topological polar surface area (TPSA) is 71.2 Å². The Morgan fingerprint density at radius 2 is 2.26 bits per heavy atom. The first kappa shape index (κ1) is 14.0. The number of rotatable bonds is 5. The van der Waals surface area contributed by atoms with Crippen molar-refractivity contribution in [3.63, 3.8) is 0 Å². The molecule has 1 saturated heterocycles. The zero-order chi connectivity index (χ0) is 13.7. The Morgan fingerprint density at radius 3 is 2.95 bits per heavy atom. The van der Waals surface area contributed by atoms with Crippen molar-refractivity contribution in [1.29, 1.82) is 0 Å². The maximum absolute atomic E-state index is 10.7. The molecule has 1 aromatic rings. The molecular weight excluding hydrogens is 244 g/mol. The molecule has 1 N–H and O–H groups in total. The Kier molecular flexibility index (Phi) is 4.90. The number of nitrogens with zero attached hydrogens (tertiary/aromatic N) is 4. The summed E-state index contributed by atoms with van der Waals surface area (Å²) in [5, 5.41) is 16.3. The largest absolute Gasteiger partial charge is 0.476 e. The van der Waals surface area contributed by atoms with Crippen molar-refractivity contribution in [2.24, 2.45) is 0 Å². The molecule has 0 aromatic carbocycles. The van der Waals surface area contributed by atoms with Gasteiger partial charge in [-0.2, -0.15) is 0 Å². The lowest BCUT2D eigenvalue weighted by Crippen LogP contribution is -2.36. The van der Waals surface area contributed by atoms with Gasteiger partial charge in [-0.25, -0.2) is 4.79 Å². The first-order chi connectivity index (χ1) is 9.20. The van der Waals surface area contributed by atoms with Gasteiger partial charge in [0.05, 0.1) is 12.7 Å². The second-order valence-corrected chi connectivity index (χ2v) is 5.12. The third kappa shape index (κ3) is 3.76. The van der Waals surface area contributed by atoms with Gasteiger partial charge in [0, 0.05) is 12.6 Å². The first-order valence-corrected chi connectivity index (χ1v) is 7.08. The van der Waals surface area contributed by atoms with Gasteiger partial charge in [-0.1, -0.05) is 25.0 Å². The van der Waals surface area contributed by atoms with E-state index in [9.17, 15) is 4.79 Å². The van der Waals surface area contributed by atoms with Crippen molar-refractivity contribution in [1.82, 2.24) is 19.9 Å². The highest BCUT2D eigenvalue weighted by molar-refractivity contribution is 5.84. The molecule has 1 atom stereocenters. The van der Waals surface area contributed by atoms with Gasteiger partial charge in [-0.05, 0) is 25.8 Å². The number of carboxylic acids is 1. The number of hydrogen-bond acceptors (Lipinski definition) is 4. The summed E-state index contributed by atoms with van der Waals surface area (Å²) in [4.78, 5) is 13.2. The molecule has 1 fully saturated rings. The molecule has 0 radical (unpaired) electrons. The quantitative estimate of drug-likeness (QED) is 0.877. The van der Waals surface area contributed by atoms with Crippen LogP contribution in [-0.2, 0) is 6.54 Å². The Labute approximate surface area is 113 Å². The second-order valence-electron chi connectivity index (χ2n) is 5.12. The van der Waals surface area contributed by atoms with Gasteiger partial charge in [0.15, 0.2) is 5.69 Å². The van der Waals surface area contributed by atoms with E-state index in [1.165, 1.54) is 38.3 Å². The van der Waals surface area contributed by atoms with E-state index in [1.54, 1.807) is 4.68 Å². The molecule has 2 heterocycles. The van der Waals surface area contributed by atoms with Crippen molar-refractivity contribution in [3.05, 3.63) is 11.9 Å². The highest BCUT2D eigenvalue weighted by atomic mass is 16.4. The summed E-state index contributed by atoms with van der Waals surface area (Å²) in [6.07, 6.45) is 7.85. The lowest BCUT2D eigenvalue weighted by atomic mass is 10.1. The fourth-order valence-corrected chi connectivity index (χ4v) is 2.73. The van der Waals surface area contributed by atoms with Gasteiger partial charge < -0.3 is 5.11 Å². The average molecular weight is 266 g/mol. The Balaban J connectivity index is 1.90. The molecule has 106 valence electrons. The minimum absolute atomic E-state index is 0.0166. The monoisotopic (exact) mass is 266 g/mol. The molecule has 1 aliphatic heterocycles. The molecule has 0 amide bonds. The van der Waals surface area contributed by atoms with E-state index in [2.05, 4.69) is 22.1 Å². The van der Waals surface area contributed by atoms with Crippen LogP contribution in [-0.4, -0.2) is 50.1 Å². The minimum Gasteiger partial charge on any atom is -0.476 e. The average Bonchev–Trinajstić information content (AvgIpc) is 2.76. The van der Waals surface area contributed by atoms with Crippen molar-refractivity contribution in [2.75, 3.05) is 13.1 Å². The number of hydrogen-bond donors (Lipinski definition) is 1. The molecule has 6 nitrogen and oxygen atoms in total. The van der Waals surface area contributed by atoms with Crippen LogP contribution in [0.5, 0.6) is 0 Å². The molecule has 6 heteroatoms. The highest BCUT2D eigenvalue weighted by Gasteiger charge is 2.19. The summed E-state index contributed by atoms with van der Waals surface area (Å²) >= 11 is 0. The molecule has 1 unspecified atom stereocenters. The molecular formula is C13H22N4O2. The molecule has 1 aliphatic rings. The van der Waals surface area contributed by atoms with Crippen molar-refractivity contribution in [2.45, 2.75) is 51.6 Å². The van der Waals surface area contributed by atoms with Crippen LogP contribution < -0.4 is 0 Å². The Hall–Kier alpha value is -1.43. The summed E-state index contributed by atoms with van der Waals surface area (Å²) < 4.78 is 1.63. The van der Waals surface area contributed by atoms with Crippen LogP contribution in [0, 0.1) is 0 Å². The predicted octanol–water partition coefficient (Wildman–Crippen LogP) is 1.63. The van der Waals surface area contributed by atoms with Gasteiger partial charge in [-0.15, -0.1) is 5.10 Å². The van der Waals surface area contributed by atoms with Gasteiger partial charge >= 0.3 is 5.97 Å². The van der Waals surface area contributed by atoms with E-state index in [0.717, 1.165) is 13.1 Å². The van der Waals surface area contributed by atoms with E-state index in [4.69, 9.17) is 5.11 Å². The van der Waals surface area contributed by atoms with E-state index in [0.29, 0.717) is 12.6 Å². The fourth-order valence-electron chi connectivity index (χ4n) is 2.73. The third-order valence-corrected chi connectivity index (χ3v) is 3.84. The maximum atomic E-state index is 10.7. The lowest BCUT2D eigenvalue weighted by molar-refractivity contribution is 0.0690. The van der Waals surface area contributed by atoms with Crippen molar-refractivity contribution < 1.29 is 9.90 Å². The highest BCUT2D eigenvalue weighted by Crippen LogP contribution is 2.18. The molecule has 19 heavy (non-hydrogen) atoms. The SMILES string of the molecule is CCC1CCCCCN1CCn1cc(C(=O)O)nn1. The van der Waals surface area contributed by atoms with Gasteiger partial charge in [0.2, 0.25) is 0 Å². The lowest BCUT2D eigenvalue weighted by Gasteiger charge is -2.28. The first-order valence-electron chi connectivity index (χ1n) is 7.08. The van der Waals surface area contributed by atoms with E-state index < -0.39 is 5.97 Å². The molecule has 0 aliphatic carbocycles. The van der Waals surface area contributed by atoms with E-state index >= 15 is 0 Å². The van der Waals surface area contributed by atoms with Gasteiger partial charge in [0.25, 0.3) is 0 Å². The predicted molar refractivity (Wildman–Crippen MR) is 71.1 cm³/mol. The van der Waals surface area contributed by atoms with Crippen LogP contribution in [0.1, 0.15) is 49.5 Å². The molecule has 0 bridgehead atoms.